The van der Waals surface area contributed by atoms with Gasteiger partial charge >= 0.3 is 0 Å². The molecule has 0 saturated carbocycles. The molecule has 0 unspecified atom stereocenters. The van der Waals surface area contributed by atoms with Crippen LogP contribution in [0.25, 0.3) is 12.2 Å². The Morgan fingerprint density at radius 1 is 1.10 bits per heavy atom. The molecule has 3 rings (SSSR count). The third-order valence-electron chi connectivity index (χ3n) is 3.85. The molecule has 0 saturated heterocycles. The summed E-state index contributed by atoms with van der Waals surface area (Å²) in [6, 6.07) is 10.9. The average molecular weight is 277 g/mol. The van der Waals surface area contributed by atoms with E-state index >= 15 is 0 Å². The molecule has 2 heterocycles. The number of nitrogens with zero attached hydrogens (tertiary/aromatic N) is 2. The third kappa shape index (κ3) is 2.75. The number of hydrogen-bond donors (Lipinski definition) is 0. The lowest BCUT2D eigenvalue weighted by molar-refractivity contribution is -0.671. The van der Waals surface area contributed by atoms with Crippen LogP contribution in [0.1, 0.15) is 23.6 Å². The highest BCUT2D eigenvalue weighted by Crippen LogP contribution is 2.32. The summed E-state index contributed by atoms with van der Waals surface area (Å²) in [5.41, 5.74) is 6.36. The summed E-state index contributed by atoms with van der Waals surface area (Å²) in [6.45, 7) is 5.30. The molecule has 1 aliphatic rings. The van der Waals surface area contributed by atoms with Gasteiger partial charge in [-0.2, -0.15) is 0 Å². The molecule has 0 aliphatic carbocycles. The first-order valence-electron chi connectivity index (χ1n) is 7.40. The van der Waals surface area contributed by atoms with Crippen molar-refractivity contribution in [3.05, 3.63) is 71.2 Å². The standard InChI is InChI=1S/C19H21N2/c1-4-21-18(14-16-9-11-20(3)12-10-16)7-6-17-13-15(2)5-8-19(17)21/h5-14H,4H2,1-3H3/q+1. The summed E-state index contributed by atoms with van der Waals surface area (Å²) in [5, 5.41) is 0. The van der Waals surface area contributed by atoms with Gasteiger partial charge in [0.05, 0.1) is 0 Å². The van der Waals surface area contributed by atoms with Crippen molar-refractivity contribution in [3.63, 3.8) is 0 Å². The molecule has 0 spiro atoms. The first-order chi connectivity index (χ1) is 10.2. The lowest BCUT2D eigenvalue weighted by atomic mass is 10.0. The number of allylic oxidation sites excluding steroid dienone is 1. The van der Waals surface area contributed by atoms with E-state index in [4.69, 9.17) is 0 Å². The van der Waals surface area contributed by atoms with Crippen molar-refractivity contribution in [2.24, 2.45) is 7.05 Å². The Balaban J connectivity index is 2.01. The Labute approximate surface area is 126 Å². The van der Waals surface area contributed by atoms with Crippen molar-refractivity contribution in [2.45, 2.75) is 13.8 Å². The van der Waals surface area contributed by atoms with E-state index in [2.05, 4.69) is 79.7 Å². The minimum Gasteiger partial charge on any atom is -0.341 e. The molecule has 1 aliphatic heterocycles. The molecule has 0 fully saturated rings. The Kier molecular flexibility index (Phi) is 3.61. The van der Waals surface area contributed by atoms with E-state index in [1.54, 1.807) is 0 Å². The van der Waals surface area contributed by atoms with Gasteiger partial charge in [-0.15, -0.1) is 0 Å². The van der Waals surface area contributed by atoms with Crippen molar-refractivity contribution in [1.82, 2.24) is 0 Å². The Hall–Kier alpha value is -2.35. The van der Waals surface area contributed by atoms with Gasteiger partial charge in [0.15, 0.2) is 12.4 Å². The quantitative estimate of drug-likeness (QED) is 0.759. The number of pyridine rings is 1. The summed E-state index contributed by atoms with van der Waals surface area (Å²) >= 11 is 0. The van der Waals surface area contributed by atoms with Crippen LogP contribution in [0.2, 0.25) is 0 Å². The smallest absolute Gasteiger partial charge is 0.169 e. The Bertz CT molecular complexity index is 709. The minimum absolute atomic E-state index is 0.965. The van der Waals surface area contributed by atoms with Crippen LogP contribution in [0.4, 0.5) is 5.69 Å². The van der Waals surface area contributed by atoms with E-state index in [1.165, 1.54) is 28.1 Å². The van der Waals surface area contributed by atoms with Crippen LogP contribution < -0.4 is 9.47 Å². The summed E-state index contributed by atoms with van der Waals surface area (Å²) in [4.78, 5) is 2.36. The number of likely N-dealkylation sites (N-methyl/N-ethyl adjacent to an activating group) is 1. The van der Waals surface area contributed by atoms with Gasteiger partial charge in [-0.25, -0.2) is 4.57 Å². The molecule has 106 valence electrons. The van der Waals surface area contributed by atoms with Gasteiger partial charge in [-0.05, 0) is 49.3 Å². The first kappa shape index (κ1) is 13.6. The zero-order chi connectivity index (χ0) is 14.8. The largest absolute Gasteiger partial charge is 0.341 e. The first-order valence-corrected chi connectivity index (χ1v) is 7.40. The summed E-state index contributed by atoms with van der Waals surface area (Å²) < 4.78 is 2.05. The van der Waals surface area contributed by atoms with E-state index < -0.39 is 0 Å². The fraction of sp³-hybridized carbons (Fsp3) is 0.211. The normalized spacial score (nSPS) is 15.4. The van der Waals surface area contributed by atoms with Crippen molar-refractivity contribution in [1.29, 1.82) is 0 Å². The van der Waals surface area contributed by atoms with Crippen molar-refractivity contribution < 1.29 is 4.57 Å². The maximum atomic E-state index is 2.36. The molecule has 0 radical (unpaired) electrons. The Morgan fingerprint density at radius 2 is 1.86 bits per heavy atom. The second-order valence-electron chi connectivity index (χ2n) is 5.51. The highest BCUT2D eigenvalue weighted by atomic mass is 15.1. The molecular formula is C19H21N2+. The van der Waals surface area contributed by atoms with Gasteiger partial charge in [-0.3, -0.25) is 0 Å². The van der Waals surface area contributed by atoms with E-state index in [9.17, 15) is 0 Å². The second-order valence-corrected chi connectivity index (χ2v) is 5.51. The molecule has 2 heteroatoms. The zero-order valence-electron chi connectivity index (χ0n) is 12.9. The van der Waals surface area contributed by atoms with Gasteiger partial charge in [0.1, 0.15) is 7.05 Å². The van der Waals surface area contributed by atoms with E-state index in [1.807, 2.05) is 11.6 Å². The van der Waals surface area contributed by atoms with Gasteiger partial charge in [0.25, 0.3) is 0 Å². The van der Waals surface area contributed by atoms with Crippen LogP contribution in [0.3, 0.4) is 0 Å². The van der Waals surface area contributed by atoms with Crippen LogP contribution in [0.15, 0.2) is 54.5 Å². The maximum Gasteiger partial charge on any atom is 0.169 e. The molecule has 0 N–H and O–H groups in total. The predicted molar refractivity (Wildman–Crippen MR) is 88.8 cm³/mol. The van der Waals surface area contributed by atoms with E-state index in [0.29, 0.717) is 0 Å². The zero-order valence-corrected chi connectivity index (χ0v) is 12.9. The summed E-state index contributed by atoms with van der Waals surface area (Å²) in [6.07, 6.45) is 10.8. The molecule has 0 bridgehead atoms. The van der Waals surface area contributed by atoms with Crippen molar-refractivity contribution in [2.75, 3.05) is 11.4 Å². The lowest BCUT2D eigenvalue weighted by Crippen LogP contribution is -2.26. The second kappa shape index (κ2) is 5.57. The number of rotatable bonds is 2. The number of benzene rings is 1. The van der Waals surface area contributed by atoms with Crippen molar-refractivity contribution >= 4 is 17.8 Å². The number of fused-ring (bicyclic) bond motifs is 1. The van der Waals surface area contributed by atoms with Crippen LogP contribution >= 0.6 is 0 Å². The average Bonchev–Trinajstić information content (AvgIpc) is 2.49. The van der Waals surface area contributed by atoms with Gasteiger partial charge in [0.2, 0.25) is 0 Å². The molecule has 0 amide bonds. The fourth-order valence-electron chi connectivity index (χ4n) is 2.72. The molecule has 2 nitrogen and oxygen atoms in total. The third-order valence-corrected chi connectivity index (χ3v) is 3.85. The minimum atomic E-state index is 0.965. The number of anilines is 1. The van der Waals surface area contributed by atoms with Gasteiger partial charge in [-0.1, -0.05) is 17.7 Å². The van der Waals surface area contributed by atoms with Crippen LogP contribution in [0.5, 0.6) is 0 Å². The van der Waals surface area contributed by atoms with Crippen LogP contribution in [-0.4, -0.2) is 6.54 Å². The predicted octanol–water partition coefficient (Wildman–Crippen LogP) is 3.71. The van der Waals surface area contributed by atoms with Crippen molar-refractivity contribution in [3.8, 4) is 0 Å². The number of aryl methyl sites for hydroxylation is 2. The molecule has 1 aromatic heterocycles. The maximum absolute atomic E-state index is 2.36. The highest BCUT2D eigenvalue weighted by Gasteiger charge is 2.15. The molecule has 2 aromatic rings. The van der Waals surface area contributed by atoms with E-state index in [0.717, 1.165) is 6.54 Å². The molecule has 21 heavy (non-hydrogen) atoms. The van der Waals surface area contributed by atoms with Crippen LogP contribution in [0, 0.1) is 6.92 Å². The topological polar surface area (TPSA) is 7.12 Å². The van der Waals surface area contributed by atoms with Gasteiger partial charge < -0.3 is 4.90 Å². The Morgan fingerprint density at radius 3 is 2.57 bits per heavy atom. The van der Waals surface area contributed by atoms with Gasteiger partial charge in [0, 0.05) is 30.1 Å². The number of hydrogen-bond acceptors (Lipinski definition) is 1. The molecule has 1 aromatic carbocycles. The molecular weight excluding hydrogens is 256 g/mol. The molecule has 0 atom stereocenters. The fourth-order valence-corrected chi connectivity index (χ4v) is 2.72. The lowest BCUT2D eigenvalue weighted by Gasteiger charge is -2.29. The van der Waals surface area contributed by atoms with E-state index in [-0.39, 0.29) is 0 Å². The number of aromatic nitrogens is 1. The summed E-state index contributed by atoms with van der Waals surface area (Å²) in [7, 11) is 2.04. The highest BCUT2D eigenvalue weighted by molar-refractivity contribution is 5.80. The van der Waals surface area contributed by atoms with Crippen LogP contribution in [-0.2, 0) is 7.05 Å². The summed E-state index contributed by atoms with van der Waals surface area (Å²) in [5.74, 6) is 0. The monoisotopic (exact) mass is 277 g/mol. The SMILES string of the molecule is CCN1C(=Cc2cc[n+](C)cc2)C=Cc2cc(C)ccc21.